The van der Waals surface area contributed by atoms with E-state index in [0.29, 0.717) is 22.8 Å². The Kier molecular flexibility index (Phi) is 5.13. The van der Waals surface area contributed by atoms with Crippen LogP contribution in [-0.4, -0.2) is 22.8 Å². The first-order chi connectivity index (χ1) is 6.52. The highest BCUT2D eigenvalue weighted by Gasteiger charge is 1.97. The van der Waals surface area contributed by atoms with Crippen LogP contribution >= 0.6 is 0 Å². The number of nitrogens with zero attached hydrogens (tertiary/aromatic N) is 4. The third-order valence-corrected chi connectivity index (χ3v) is 1.78. The molecule has 0 radical (unpaired) electrons. The minimum Gasteiger partial charge on any atom is -0.323 e. The van der Waals surface area contributed by atoms with Crippen LogP contribution in [0.2, 0.25) is 0 Å². The van der Waals surface area contributed by atoms with E-state index in [-0.39, 0.29) is 0 Å². The smallest absolute Gasteiger partial charge is 0.0828 e. The number of hydrogen-bond acceptors (Lipinski definition) is 6. The molecule has 0 aromatic heterocycles. The van der Waals surface area contributed by atoms with E-state index in [1.165, 1.54) is 0 Å². The van der Waals surface area contributed by atoms with Gasteiger partial charge in [-0.1, -0.05) is 0 Å². The maximum absolute atomic E-state index is 5.08. The zero-order chi connectivity index (χ0) is 11.1. The van der Waals surface area contributed by atoms with Gasteiger partial charge < -0.3 is 11.7 Å². The first kappa shape index (κ1) is 12.3. The number of hydrazone groups is 2. The molecule has 0 aromatic carbocycles. The second-order valence-electron chi connectivity index (χ2n) is 2.80. The second kappa shape index (κ2) is 5.85. The molecule has 78 valence electrons. The molecule has 6 nitrogen and oxygen atoms in total. The predicted molar refractivity (Wildman–Crippen MR) is 60.8 cm³/mol. The fourth-order valence-corrected chi connectivity index (χ4v) is 0.482. The van der Waals surface area contributed by atoms with Crippen LogP contribution in [0.25, 0.3) is 0 Å². The van der Waals surface area contributed by atoms with Crippen molar-refractivity contribution < 1.29 is 0 Å². The summed E-state index contributed by atoms with van der Waals surface area (Å²) in [5.41, 5.74) is 2.61. The van der Waals surface area contributed by atoms with Crippen LogP contribution in [0.5, 0.6) is 0 Å². The summed E-state index contributed by atoms with van der Waals surface area (Å²) < 4.78 is 0. The molecule has 0 fully saturated rings. The molecule has 0 heterocycles. The molecule has 0 aliphatic heterocycles. The molecule has 0 rings (SSSR count). The third kappa shape index (κ3) is 3.79. The lowest BCUT2D eigenvalue weighted by atomic mass is 10.3. The van der Waals surface area contributed by atoms with Crippen molar-refractivity contribution in [2.75, 3.05) is 0 Å². The van der Waals surface area contributed by atoms with Gasteiger partial charge in [-0.25, -0.2) is 0 Å². The first-order valence-electron chi connectivity index (χ1n) is 4.11. The van der Waals surface area contributed by atoms with E-state index in [1.54, 1.807) is 27.7 Å². The number of rotatable bonds is 3. The van der Waals surface area contributed by atoms with E-state index in [2.05, 4.69) is 20.4 Å². The Labute approximate surface area is 83.5 Å². The Bertz CT molecular complexity index is 278. The molecule has 6 heteroatoms. The lowest BCUT2D eigenvalue weighted by Gasteiger charge is -1.96. The van der Waals surface area contributed by atoms with Gasteiger partial charge in [-0.05, 0) is 27.7 Å². The van der Waals surface area contributed by atoms with Crippen molar-refractivity contribution in [3.05, 3.63) is 0 Å². The molecular formula is C8H16N6. The van der Waals surface area contributed by atoms with E-state index in [1.807, 2.05) is 0 Å². The van der Waals surface area contributed by atoms with Gasteiger partial charge in [0, 0.05) is 0 Å². The molecule has 0 saturated carbocycles. The van der Waals surface area contributed by atoms with Crippen LogP contribution in [-0.2, 0) is 0 Å². The largest absolute Gasteiger partial charge is 0.323 e. The van der Waals surface area contributed by atoms with E-state index in [4.69, 9.17) is 11.7 Å². The van der Waals surface area contributed by atoms with Crippen LogP contribution in [0.1, 0.15) is 27.7 Å². The molecule has 4 N–H and O–H groups in total. The molecule has 0 aliphatic carbocycles. The summed E-state index contributed by atoms with van der Waals surface area (Å²) in [7, 11) is 0. The summed E-state index contributed by atoms with van der Waals surface area (Å²) in [6, 6.07) is 0. The van der Waals surface area contributed by atoms with Gasteiger partial charge in [-0.3, -0.25) is 0 Å². The van der Waals surface area contributed by atoms with E-state index in [9.17, 15) is 0 Å². The van der Waals surface area contributed by atoms with Crippen molar-refractivity contribution in [2.45, 2.75) is 27.7 Å². The highest BCUT2D eigenvalue weighted by atomic mass is 15.2. The topological polar surface area (TPSA) is 101 Å². The Morgan fingerprint density at radius 1 is 0.643 bits per heavy atom. The van der Waals surface area contributed by atoms with Crippen LogP contribution in [0.15, 0.2) is 20.4 Å². The molecule has 14 heavy (non-hydrogen) atoms. The average molecular weight is 196 g/mol. The SMILES string of the molecule is CC(=N/N)/C(C)=N\N=C(C)/C(C)=N/N. The van der Waals surface area contributed by atoms with Crippen molar-refractivity contribution in [1.29, 1.82) is 0 Å². The quantitative estimate of drug-likeness (QED) is 0.390. The molecule has 0 unspecified atom stereocenters. The zero-order valence-corrected chi connectivity index (χ0v) is 8.94. The van der Waals surface area contributed by atoms with Crippen LogP contribution in [0, 0.1) is 0 Å². The molecule has 0 aromatic rings. The Morgan fingerprint density at radius 3 is 1.14 bits per heavy atom. The van der Waals surface area contributed by atoms with Gasteiger partial charge in [0.15, 0.2) is 0 Å². The van der Waals surface area contributed by atoms with E-state index < -0.39 is 0 Å². The standard InChI is InChI=1S/C8H16N6/c1-5(11-9)7(3)13-14-8(4)6(2)12-10/h9-10H2,1-4H3/b11-5-,12-6+,13-7-,14-8-. The van der Waals surface area contributed by atoms with Crippen molar-refractivity contribution in [3.63, 3.8) is 0 Å². The van der Waals surface area contributed by atoms with Gasteiger partial charge in [0.25, 0.3) is 0 Å². The highest BCUT2D eigenvalue weighted by molar-refractivity contribution is 6.42. The van der Waals surface area contributed by atoms with Gasteiger partial charge in [0.1, 0.15) is 0 Å². The van der Waals surface area contributed by atoms with Gasteiger partial charge in [-0.15, -0.1) is 0 Å². The van der Waals surface area contributed by atoms with Crippen molar-refractivity contribution in [1.82, 2.24) is 0 Å². The summed E-state index contributed by atoms with van der Waals surface area (Å²) >= 11 is 0. The first-order valence-corrected chi connectivity index (χ1v) is 4.11. The minimum absolute atomic E-state index is 0.642. The van der Waals surface area contributed by atoms with Gasteiger partial charge in [-0.2, -0.15) is 20.4 Å². The Morgan fingerprint density at radius 2 is 0.929 bits per heavy atom. The van der Waals surface area contributed by atoms with Gasteiger partial charge in [0.05, 0.1) is 22.8 Å². The lowest BCUT2D eigenvalue weighted by molar-refractivity contribution is 1.20. The summed E-state index contributed by atoms with van der Waals surface area (Å²) in [6.45, 7) is 7.07. The molecular weight excluding hydrogens is 180 g/mol. The monoisotopic (exact) mass is 196 g/mol. The van der Waals surface area contributed by atoms with E-state index in [0.717, 1.165) is 0 Å². The fourth-order valence-electron chi connectivity index (χ4n) is 0.482. The lowest BCUT2D eigenvalue weighted by Crippen LogP contribution is -2.10. The summed E-state index contributed by atoms with van der Waals surface area (Å²) in [6.07, 6.45) is 0. The summed E-state index contributed by atoms with van der Waals surface area (Å²) in [4.78, 5) is 0. The average Bonchev–Trinajstić information content (AvgIpc) is 2.22. The second-order valence-corrected chi connectivity index (χ2v) is 2.80. The maximum atomic E-state index is 5.08. The predicted octanol–water partition coefficient (Wildman–Crippen LogP) is 0.492. The third-order valence-electron chi connectivity index (χ3n) is 1.78. The van der Waals surface area contributed by atoms with Crippen molar-refractivity contribution in [3.8, 4) is 0 Å². The minimum atomic E-state index is 0.642. The molecule has 0 atom stereocenters. The van der Waals surface area contributed by atoms with Gasteiger partial charge in [0.2, 0.25) is 0 Å². The summed E-state index contributed by atoms with van der Waals surface area (Å²) in [5, 5.41) is 14.8. The summed E-state index contributed by atoms with van der Waals surface area (Å²) in [5.74, 6) is 10.2. The Hall–Kier alpha value is -1.72. The fraction of sp³-hybridized carbons (Fsp3) is 0.500. The zero-order valence-electron chi connectivity index (χ0n) is 8.94. The molecule has 0 bridgehead atoms. The molecule has 0 spiro atoms. The van der Waals surface area contributed by atoms with Crippen molar-refractivity contribution in [2.24, 2.45) is 32.1 Å². The highest BCUT2D eigenvalue weighted by Crippen LogP contribution is 1.88. The van der Waals surface area contributed by atoms with Crippen molar-refractivity contribution >= 4 is 22.8 Å². The molecule has 0 saturated heterocycles. The van der Waals surface area contributed by atoms with Crippen LogP contribution in [0.4, 0.5) is 0 Å². The van der Waals surface area contributed by atoms with Crippen LogP contribution < -0.4 is 11.7 Å². The maximum Gasteiger partial charge on any atom is 0.0828 e. The number of nitrogens with two attached hydrogens (primary N) is 2. The van der Waals surface area contributed by atoms with Crippen LogP contribution in [0.3, 0.4) is 0 Å². The van der Waals surface area contributed by atoms with E-state index >= 15 is 0 Å². The normalized spacial score (nSPS) is 16.0. The molecule has 0 amide bonds. The molecule has 0 aliphatic rings. The number of hydrogen-bond donors (Lipinski definition) is 2. The Balaban J connectivity index is 4.71. The van der Waals surface area contributed by atoms with Gasteiger partial charge >= 0.3 is 0 Å².